The van der Waals surface area contributed by atoms with Gasteiger partial charge in [-0.15, -0.1) is 11.3 Å². The standard InChI is InChI=1S/C8H3FN2S.C2HF3O2/c9-7-3-11-2-6-5(1-10)4-12-8(6)7;3-2(4,5)1(6)7/h2-4H;(H,6,7). The number of aromatic nitrogens is 1. The van der Waals surface area contributed by atoms with E-state index in [9.17, 15) is 17.6 Å². The molecule has 100 valence electrons. The Labute approximate surface area is 107 Å². The Bertz CT molecular complexity index is 645. The average molecular weight is 292 g/mol. The topological polar surface area (TPSA) is 74.0 Å². The summed E-state index contributed by atoms with van der Waals surface area (Å²) in [6, 6.07) is 1.98. The predicted molar refractivity (Wildman–Crippen MR) is 58.0 cm³/mol. The third-order valence-electron chi connectivity index (χ3n) is 1.80. The fourth-order valence-corrected chi connectivity index (χ4v) is 1.87. The van der Waals surface area contributed by atoms with E-state index in [0.717, 1.165) is 6.20 Å². The van der Waals surface area contributed by atoms with Crippen molar-refractivity contribution in [2.45, 2.75) is 6.18 Å². The van der Waals surface area contributed by atoms with Gasteiger partial charge in [0.25, 0.3) is 0 Å². The summed E-state index contributed by atoms with van der Waals surface area (Å²) in [5.41, 5.74) is 0.488. The van der Waals surface area contributed by atoms with Gasteiger partial charge in [-0.3, -0.25) is 4.98 Å². The van der Waals surface area contributed by atoms with E-state index in [1.807, 2.05) is 6.07 Å². The van der Waals surface area contributed by atoms with Crippen LogP contribution in [0.25, 0.3) is 10.1 Å². The maximum atomic E-state index is 13.0. The number of carboxylic acids is 1. The molecule has 2 rings (SSSR count). The molecule has 0 radical (unpaired) electrons. The van der Waals surface area contributed by atoms with E-state index in [-0.39, 0.29) is 5.82 Å². The number of nitriles is 1. The first-order valence-corrected chi connectivity index (χ1v) is 5.36. The fraction of sp³-hybridized carbons (Fsp3) is 0.100. The van der Waals surface area contributed by atoms with Crippen LogP contribution in [0.2, 0.25) is 0 Å². The van der Waals surface area contributed by atoms with Crippen LogP contribution >= 0.6 is 11.3 Å². The van der Waals surface area contributed by atoms with E-state index < -0.39 is 12.1 Å². The summed E-state index contributed by atoms with van der Waals surface area (Å²) in [5.74, 6) is -3.12. The van der Waals surface area contributed by atoms with Crippen LogP contribution in [-0.4, -0.2) is 22.2 Å². The van der Waals surface area contributed by atoms with E-state index in [1.165, 1.54) is 17.5 Å². The van der Waals surface area contributed by atoms with Crippen molar-refractivity contribution >= 4 is 27.4 Å². The molecule has 0 aliphatic rings. The van der Waals surface area contributed by atoms with E-state index in [1.54, 1.807) is 5.38 Å². The number of halogens is 4. The molecule has 0 aliphatic heterocycles. The van der Waals surface area contributed by atoms with Crippen LogP contribution in [0.3, 0.4) is 0 Å². The number of alkyl halides is 3. The van der Waals surface area contributed by atoms with Crippen molar-refractivity contribution in [1.29, 1.82) is 5.26 Å². The van der Waals surface area contributed by atoms with Crippen LogP contribution in [0.5, 0.6) is 0 Å². The molecule has 0 aliphatic carbocycles. The molecule has 0 atom stereocenters. The Hall–Kier alpha value is -2.21. The summed E-state index contributed by atoms with van der Waals surface area (Å²) in [6.07, 6.45) is -2.42. The number of aliphatic carboxylic acids is 1. The number of hydrogen-bond acceptors (Lipinski definition) is 4. The lowest BCUT2D eigenvalue weighted by atomic mass is 10.2. The molecule has 1 N–H and O–H groups in total. The second-order valence-electron chi connectivity index (χ2n) is 3.06. The molecular weight excluding hydrogens is 288 g/mol. The molecule has 2 heterocycles. The molecule has 0 saturated carbocycles. The van der Waals surface area contributed by atoms with Gasteiger partial charge >= 0.3 is 12.1 Å². The van der Waals surface area contributed by atoms with Crippen LogP contribution in [0.4, 0.5) is 17.6 Å². The Morgan fingerprint density at radius 3 is 2.47 bits per heavy atom. The Kier molecular flexibility index (Phi) is 4.39. The smallest absolute Gasteiger partial charge is 0.475 e. The van der Waals surface area contributed by atoms with Gasteiger partial charge < -0.3 is 5.11 Å². The summed E-state index contributed by atoms with van der Waals surface area (Å²) in [6.45, 7) is 0. The van der Waals surface area contributed by atoms with Crippen LogP contribution in [0.15, 0.2) is 17.8 Å². The first-order valence-electron chi connectivity index (χ1n) is 4.48. The number of nitrogens with zero attached hydrogens (tertiary/aromatic N) is 2. The Morgan fingerprint density at radius 1 is 1.42 bits per heavy atom. The fourth-order valence-electron chi connectivity index (χ4n) is 1.00. The predicted octanol–water partition coefficient (Wildman–Crippen LogP) is 2.94. The van der Waals surface area contributed by atoms with Gasteiger partial charge in [0, 0.05) is 17.0 Å². The number of carbonyl (C=O) groups is 1. The number of hydrogen-bond donors (Lipinski definition) is 1. The number of carboxylic acid groups (broad SMARTS) is 1. The highest BCUT2D eigenvalue weighted by atomic mass is 32.1. The molecule has 0 spiro atoms. The third-order valence-corrected chi connectivity index (χ3v) is 2.80. The molecule has 0 amide bonds. The van der Waals surface area contributed by atoms with Crippen LogP contribution in [0.1, 0.15) is 5.56 Å². The van der Waals surface area contributed by atoms with Crippen molar-refractivity contribution in [3.05, 3.63) is 29.2 Å². The van der Waals surface area contributed by atoms with E-state index in [2.05, 4.69) is 4.98 Å². The van der Waals surface area contributed by atoms with Gasteiger partial charge in [-0.05, 0) is 0 Å². The van der Waals surface area contributed by atoms with Gasteiger partial charge in [0.05, 0.1) is 16.5 Å². The quantitative estimate of drug-likeness (QED) is 0.758. The van der Waals surface area contributed by atoms with E-state index in [0.29, 0.717) is 15.6 Å². The number of pyridine rings is 1. The lowest BCUT2D eigenvalue weighted by Crippen LogP contribution is -2.21. The maximum absolute atomic E-state index is 13.0. The first-order chi connectivity index (χ1) is 8.77. The van der Waals surface area contributed by atoms with Gasteiger partial charge in [0.1, 0.15) is 6.07 Å². The molecule has 0 unspecified atom stereocenters. The van der Waals surface area contributed by atoms with Gasteiger partial charge in [-0.2, -0.15) is 18.4 Å². The van der Waals surface area contributed by atoms with Crippen LogP contribution in [0, 0.1) is 17.1 Å². The molecule has 2 aromatic rings. The second kappa shape index (κ2) is 5.62. The molecule has 0 fully saturated rings. The van der Waals surface area contributed by atoms with Crippen molar-refractivity contribution in [1.82, 2.24) is 4.98 Å². The molecule has 4 nitrogen and oxygen atoms in total. The zero-order valence-corrected chi connectivity index (χ0v) is 9.72. The minimum atomic E-state index is -5.08. The van der Waals surface area contributed by atoms with E-state index >= 15 is 0 Å². The summed E-state index contributed by atoms with van der Waals surface area (Å²) in [4.78, 5) is 12.6. The van der Waals surface area contributed by atoms with E-state index in [4.69, 9.17) is 15.2 Å². The van der Waals surface area contributed by atoms with Crippen molar-refractivity contribution in [3.63, 3.8) is 0 Å². The van der Waals surface area contributed by atoms with Gasteiger partial charge in [0.15, 0.2) is 5.82 Å². The molecule has 19 heavy (non-hydrogen) atoms. The highest BCUT2D eigenvalue weighted by Gasteiger charge is 2.38. The lowest BCUT2D eigenvalue weighted by Gasteiger charge is -1.93. The number of fused-ring (bicyclic) bond motifs is 1. The van der Waals surface area contributed by atoms with Crippen LogP contribution < -0.4 is 0 Å². The summed E-state index contributed by atoms with van der Waals surface area (Å²) in [5, 5.41) is 18.0. The average Bonchev–Trinajstić information content (AvgIpc) is 2.73. The van der Waals surface area contributed by atoms with Crippen molar-refractivity contribution in [2.24, 2.45) is 0 Å². The monoisotopic (exact) mass is 292 g/mol. The Morgan fingerprint density at radius 2 is 2.00 bits per heavy atom. The summed E-state index contributed by atoms with van der Waals surface area (Å²) in [7, 11) is 0. The molecule has 9 heteroatoms. The van der Waals surface area contributed by atoms with Crippen molar-refractivity contribution in [3.8, 4) is 6.07 Å². The SMILES string of the molecule is N#Cc1csc2c(F)cncc12.O=C(O)C(F)(F)F. The lowest BCUT2D eigenvalue weighted by molar-refractivity contribution is -0.192. The summed E-state index contributed by atoms with van der Waals surface area (Å²) < 4.78 is 45.2. The highest BCUT2D eigenvalue weighted by molar-refractivity contribution is 7.17. The normalized spacial score (nSPS) is 10.5. The third kappa shape index (κ3) is 3.62. The van der Waals surface area contributed by atoms with Crippen LogP contribution in [-0.2, 0) is 4.79 Å². The molecule has 0 aromatic carbocycles. The maximum Gasteiger partial charge on any atom is 0.490 e. The number of thiophene rings is 1. The van der Waals surface area contributed by atoms with Gasteiger partial charge in [-0.1, -0.05) is 0 Å². The largest absolute Gasteiger partial charge is 0.490 e. The minimum Gasteiger partial charge on any atom is -0.475 e. The summed E-state index contributed by atoms with van der Waals surface area (Å²) >= 11 is 1.23. The Balaban J connectivity index is 0.000000224. The van der Waals surface area contributed by atoms with Gasteiger partial charge in [-0.25, -0.2) is 9.18 Å². The zero-order chi connectivity index (χ0) is 14.6. The minimum absolute atomic E-state index is 0.362. The van der Waals surface area contributed by atoms with Gasteiger partial charge in [0.2, 0.25) is 0 Å². The van der Waals surface area contributed by atoms with Crippen molar-refractivity contribution in [2.75, 3.05) is 0 Å². The highest BCUT2D eigenvalue weighted by Crippen LogP contribution is 2.26. The molecule has 0 saturated heterocycles. The first kappa shape index (κ1) is 14.8. The second-order valence-corrected chi connectivity index (χ2v) is 3.94. The molecule has 0 bridgehead atoms. The molecular formula is C10H4F4N2O2S. The van der Waals surface area contributed by atoms with Crippen molar-refractivity contribution < 1.29 is 27.5 Å². The molecule has 2 aromatic heterocycles. The zero-order valence-electron chi connectivity index (χ0n) is 8.90. The number of rotatable bonds is 0.